The summed E-state index contributed by atoms with van der Waals surface area (Å²) in [6.45, 7) is 7.61. The number of hydrogen-bond acceptors (Lipinski definition) is 5. The molecule has 0 saturated carbocycles. The number of likely N-dealkylation sites (N-methyl/N-ethyl adjacent to an activating group) is 1. The van der Waals surface area contributed by atoms with Gasteiger partial charge in [0.05, 0.1) is 13.5 Å². The number of rotatable bonds is 10. The van der Waals surface area contributed by atoms with Crippen LogP contribution in [-0.4, -0.2) is 49.1 Å². The van der Waals surface area contributed by atoms with Crippen LogP contribution in [0.15, 0.2) is 41.1 Å². The molecule has 0 radical (unpaired) electrons. The van der Waals surface area contributed by atoms with Crippen LogP contribution in [0.1, 0.15) is 19.4 Å². The molecule has 6 nitrogen and oxygen atoms in total. The zero-order chi connectivity index (χ0) is 19.6. The Hall–Kier alpha value is -2.12. The second kappa shape index (κ2) is 10.9. The lowest BCUT2D eigenvalue weighted by atomic mass is 10.2. The lowest BCUT2D eigenvalue weighted by molar-refractivity contribution is -0.115. The smallest absolute Gasteiger partial charge is 0.228 e. The van der Waals surface area contributed by atoms with E-state index >= 15 is 0 Å². The molecular formula is C20H26BrN3O3. The molecule has 0 atom stereocenters. The Morgan fingerprint density at radius 3 is 2.63 bits per heavy atom. The summed E-state index contributed by atoms with van der Waals surface area (Å²) in [5.74, 6) is 1.14. The van der Waals surface area contributed by atoms with Gasteiger partial charge in [0.1, 0.15) is 6.61 Å². The Balaban J connectivity index is 1.99. The molecule has 2 rings (SSSR count). The van der Waals surface area contributed by atoms with Crippen molar-refractivity contribution in [3.05, 3.63) is 46.7 Å². The summed E-state index contributed by atoms with van der Waals surface area (Å²) in [5, 5.41) is 2.90. The highest BCUT2D eigenvalue weighted by Gasteiger charge is 2.10. The fraction of sp³-hybridized carbons (Fsp3) is 0.400. The molecule has 27 heavy (non-hydrogen) atoms. The predicted octanol–water partition coefficient (Wildman–Crippen LogP) is 3.75. The van der Waals surface area contributed by atoms with Gasteiger partial charge in [0.2, 0.25) is 5.91 Å². The lowest BCUT2D eigenvalue weighted by Crippen LogP contribution is -2.28. The van der Waals surface area contributed by atoms with Gasteiger partial charge in [0.15, 0.2) is 11.5 Å². The summed E-state index contributed by atoms with van der Waals surface area (Å²) in [6, 6.07) is 7.26. The third kappa shape index (κ3) is 6.84. The van der Waals surface area contributed by atoms with Crippen molar-refractivity contribution in [2.45, 2.75) is 20.3 Å². The van der Waals surface area contributed by atoms with Gasteiger partial charge in [0, 0.05) is 35.2 Å². The number of carbonyl (C=O) groups is 1. The van der Waals surface area contributed by atoms with Crippen molar-refractivity contribution in [3.8, 4) is 11.5 Å². The SMILES string of the molecule is CCN(CC)CCOc1cc(NC(=O)Cc2cncc(Br)c2)ccc1OC. The van der Waals surface area contributed by atoms with Crippen LogP contribution in [0.4, 0.5) is 5.69 Å². The van der Waals surface area contributed by atoms with Crippen molar-refractivity contribution in [2.75, 3.05) is 38.7 Å². The van der Waals surface area contributed by atoms with Crippen LogP contribution in [0.3, 0.4) is 0 Å². The van der Waals surface area contributed by atoms with Crippen molar-refractivity contribution < 1.29 is 14.3 Å². The summed E-state index contributed by atoms with van der Waals surface area (Å²) >= 11 is 3.36. The highest BCUT2D eigenvalue weighted by molar-refractivity contribution is 9.10. The average Bonchev–Trinajstić information content (AvgIpc) is 2.65. The molecule has 0 aliphatic rings. The molecule has 0 unspecified atom stereocenters. The molecule has 0 spiro atoms. The van der Waals surface area contributed by atoms with Gasteiger partial charge in [0.25, 0.3) is 0 Å². The van der Waals surface area contributed by atoms with E-state index in [1.807, 2.05) is 6.07 Å². The van der Waals surface area contributed by atoms with Crippen LogP contribution in [0.5, 0.6) is 11.5 Å². The summed E-state index contributed by atoms with van der Waals surface area (Å²) in [4.78, 5) is 18.7. The van der Waals surface area contributed by atoms with Gasteiger partial charge in [-0.2, -0.15) is 0 Å². The molecule has 0 aliphatic carbocycles. The van der Waals surface area contributed by atoms with Crippen LogP contribution in [-0.2, 0) is 11.2 Å². The average molecular weight is 436 g/mol. The van der Waals surface area contributed by atoms with Gasteiger partial charge in [-0.3, -0.25) is 9.78 Å². The number of aromatic nitrogens is 1. The van der Waals surface area contributed by atoms with Crippen molar-refractivity contribution in [3.63, 3.8) is 0 Å². The summed E-state index contributed by atoms with van der Waals surface area (Å²) < 4.78 is 12.1. The number of anilines is 1. The molecule has 1 aromatic carbocycles. The Bertz CT molecular complexity index is 751. The molecule has 7 heteroatoms. The standard InChI is InChI=1S/C20H26BrN3O3/c1-4-24(5-2)8-9-27-19-12-17(6-7-18(19)26-3)23-20(25)11-15-10-16(21)14-22-13-15/h6-7,10,12-14H,4-5,8-9,11H2,1-3H3,(H,23,25). The molecule has 2 aromatic rings. The van der Waals surface area contributed by atoms with E-state index in [2.05, 4.69) is 45.0 Å². The van der Waals surface area contributed by atoms with E-state index in [0.717, 1.165) is 29.7 Å². The molecule has 1 amide bonds. The first-order valence-electron chi connectivity index (χ1n) is 8.98. The molecule has 1 N–H and O–H groups in total. The summed E-state index contributed by atoms with van der Waals surface area (Å²) in [5.41, 5.74) is 1.51. The first-order chi connectivity index (χ1) is 13.0. The van der Waals surface area contributed by atoms with Gasteiger partial charge in [-0.05, 0) is 52.8 Å². The highest BCUT2D eigenvalue weighted by Crippen LogP contribution is 2.30. The van der Waals surface area contributed by atoms with Crippen molar-refractivity contribution in [1.82, 2.24) is 9.88 Å². The molecule has 1 aromatic heterocycles. The van der Waals surface area contributed by atoms with Crippen LogP contribution in [0, 0.1) is 0 Å². The first kappa shape index (κ1) is 21.2. The number of amides is 1. The van der Waals surface area contributed by atoms with E-state index < -0.39 is 0 Å². The highest BCUT2D eigenvalue weighted by atomic mass is 79.9. The topological polar surface area (TPSA) is 63.7 Å². The van der Waals surface area contributed by atoms with E-state index in [1.165, 1.54) is 0 Å². The number of methoxy groups -OCH3 is 1. The first-order valence-corrected chi connectivity index (χ1v) is 9.77. The Kier molecular flexibility index (Phi) is 8.54. The normalized spacial score (nSPS) is 10.7. The van der Waals surface area contributed by atoms with Gasteiger partial charge in [-0.1, -0.05) is 13.8 Å². The summed E-state index contributed by atoms with van der Waals surface area (Å²) in [7, 11) is 1.60. The molecule has 0 aliphatic heterocycles. The number of nitrogens with zero attached hydrogens (tertiary/aromatic N) is 2. The molecule has 0 saturated heterocycles. The minimum atomic E-state index is -0.117. The Morgan fingerprint density at radius 1 is 1.19 bits per heavy atom. The monoisotopic (exact) mass is 435 g/mol. The number of halogens is 1. The fourth-order valence-electron chi connectivity index (χ4n) is 2.63. The number of benzene rings is 1. The number of pyridine rings is 1. The van der Waals surface area contributed by atoms with E-state index in [-0.39, 0.29) is 12.3 Å². The van der Waals surface area contributed by atoms with Crippen molar-refractivity contribution in [2.24, 2.45) is 0 Å². The summed E-state index contributed by atoms with van der Waals surface area (Å²) in [6.07, 6.45) is 3.61. The van der Waals surface area contributed by atoms with Gasteiger partial charge < -0.3 is 19.7 Å². The minimum absolute atomic E-state index is 0.117. The quantitative estimate of drug-likeness (QED) is 0.615. The maximum atomic E-state index is 12.3. The van der Waals surface area contributed by atoms with Gasteiger partial charge in [-0.15, -0.1) is 0 Å². The predicted molar refractivity (Wildman–Crippen MR) is 111 cm³/mol. The van der Waals surface area contributed by atoms with E-state index in [4.69, 9.17) is 9.47 Å². The van der Waals surface area contributed by atoms with E-state index in [9.17, 15) is 4.79 Å². The zero-order valence-corrected chi connectivity index (χ0v) is 17.6. The second-order valence-electron chi connectivity index (χ2n) is 5.98. The van der Waals surface area contributed by atoms with E-state index in [0.29, 0.717) is 23.8 Å². The van der Waals surface area contributed by atoms with Gasteiger partial charge >= 0.3 is 0 Å². The minimum Gasteiger partial charge on any atom is -0.493 e. The lowest BCUT2D eigenvalue weighted by Gasteiger charge is -2.19. The third-order valence-electron chi connectivity index (χ3n) is 4.13. The number of carbonyl (C=O) groups excluding carboxylic acids is 1. The van der Waals surface area contributed by atoms with Crippen LogP contribution >= 0.6 is 15.9 Å². The van der Waals surface area contributed by atoms with Crippen LogP contribution < -0.4 is 14.8 Å². The van der Waals surface area contributed by atoms with Crippen molar-refractivity contribution in [1.29, 1.82) is 0 Å². The van der Waals surface area contributed by atoms with Gasteiger partial charge in [-0.25, -0.2) is 0 Å². The maximum absolute atomic E-state index is 12.3. The number of nitrogens with one attached hydrogen (secondary N) is 1. The van der Waals surface area contributed by atoms with E-state index in [1.54, 1.807) is 37.7 Å². The molecule has 0 bridgehead atoms. The largest absolute Gasteiger partial charge is 0.493 e. The Labute approximate surface area is 169 Å². The molecule has 0 fully saturated rings. The number of ether oxygens (including phenoxy) is 2. The Morgan fingerprint density at radius 2 is 1.96 bits per heavy atom. The molecule has 1 heterocycles. The maximum Gasteiger partial charge on any atom is 0.228 e. The third-order valence-corrected chi connectivity index (χ3v) is 4.57. The molecular weight excluding hydrogens is 410 g/mol. The zero-order valence-electron chi connectivity index (χ0n) is 16.0. The molecule has 146 valence electrons. The number of hydrogen-bond donors (Lipinski definition) is 1. The van der Waals surface area contributed by atoms with Crippen LogP contribution in [0.25, 0.3) is 0 Å². The van der Waals surface area contributed by atoms with Crippen molar-refractivity contribution >= 4 is 27.5 Å². The second-order valence-corrected chi connectivity index (χ2v) is 6.89. The fourth-order valence-corrected chi connectivity index (χ4v) is 3.05. The van der Waals surface area contributed by atoms with Crippen LogP contribution in [0.2, 0.25) is 0 Å².